The number of hydrogen-bond acceptors (Lipinski definition) is 4. The number of furan rings is 1. The van der Waals surface area contributed by atoms with E-state index in [9.17, 15) is 0 Å². The van der Waals surface area contributed by atoms with E-state index >= 15 is 0 Å². The molecule has 0 aliphatic carbocycles. The molecule has 0 fully saturated rings. The number of fused-ring (bicyclic) bond motifs is 7. The molecule has 0 aliphatic heterocycles. The lowest BCUT2D eigenvalue weighted by atomic mass is 9.97. The van der Waals surface area contributed by atoms with Crippen LogP contribution >= 0.6 is 0 Å². The van der Waals surface area contributed by atoms with E-state index in [1.807, 2.05) is 24.3 Å². The van der Waals surface area contributed by atoms with Gasteiger partial charge >= 0.3 is 0 Å². The fraction of sp³-hybridized carbons (Fsp3) is 0. The molecule has 0 saturated carbocycles. The summed E-state index contributed by atoms with van der Waals surface area (Å²) in [5.74, 6) is 1.77. The predicted molar refractivity (Wildman–Crippen MR) is 272 cm³/mol. The van der Waals surface area contributed by atoms with E-state index in [4.69, 9.17) is 19.4 Å². The average molecular weight is 843 g/mol. The van der Waals surface area contributed by atoms with E-state index in [0.717, 1.165) is 88.7 Å². The molecule has 5 nitrogen and oxygen atoms in total. The Morgan fingerprint density at radius 1 is 0.288 bits per heavy atom. The minimum Gasteiger partial charge on any atom is -0.456 e. The topological polar surface area (TPSA) is 56.7 Å². The molecule has 0 radical (unpaired) electrons. The number of para-hydroxylation sites is 2. The first-order valence-corrected chi connectivity index (χ1v) is 22.3. The van der Waals surface area contributed by atoms with Gasteiger partial charge in [-0.15, -0.1) is 0 Å². The first kappa shape index (κ1) is 37.6. The molecule has 308 valence electrons. The Morgan fingerprint density at radius 2 is 0.818 bits per heavy atom. The fourth-order valence-corrected chi connectivity index (χ4v) is 9.75. The van der Waals surface area contributed by atoms with Gasteiger partial charge in [0.2, 0.25) is 0 Å². The van der Waals surface area contributed by atoms with Gasteiger partial charge in [0.05, 0.1) is 16.7 Å². The van der Waals surface area contributed by atoms with E-state index in [0.29, 0.717) is 17.5 Å². The summed E-state index contributed by atoms with van der Waals surface area (Å²) in [6, 6.07) is 81.0. The van der Waals surface area contributed by atoms with Gasteiger partial charge in [-0.3, -0.25) is 0 Å². The van der Waals surface area contributed by atoms with E-state index in [1.165, 1.54) is 21.5 Å². The quantitative estimate of drug-likeness (QED) is 0.160. The number of nitrogens with zero attached hydrogens (tertiary/aromatic N) is 4. The largest absolute Gasteiger partial charge is 0.456 e. The van der Waals surface area contributed by atoms with E-state index < -0.39 is 0 Å². The summed E-state index contributed by atoms with van der Waals surface area (Å²) in [6.07, 6.45) is 0. The second kappa shape index (κ2) is 15.4. The van der Waals surface area contributed by atoms with Gasteiger partial charge in [0.25, 0.3) is 0 Å². The monoisotopic (exact) mass is 842 g/mol. The Kier molecular flexibility index (Phi) is 8.78. The molecule has 0 unspecified atom stereocenters. The van der Waals surface area contributed by atoms with Crippen molar-refractivity contribution in [3.05, 3.63) is 231 Å². The Bertz CT molecular complexity index is 3900. The minimum atomic E-state index is 0.576. The summed E-state index contributed by atoms with van der Waals surface area (Å²) in [7, 11) is 0. The van der Waals surface area contributed by atoms with Crippen molar-refractivity contribution in [2.24, 2.45) is 0 Å². The zero-order valence-electron chi connectivity index (χ0n) is 35.6. The molecular formula is C61H38N4O. The molecule has 0 spiro atoms. The summed E-state index contributed by atoms with van der Waals surface area (Å²) in [6.45, 7) is 0. The minimum absolute atomic E-state index is 0.576. The molecule has 3 heterocycles. The second-order valence-corrected chi connectivity index (χ2v) is 16.7. The molecule has 0 bridgehead atoms. The highest BCUT2D eigenvalue weighted by Crippen LogP contribution is 2.42. The smallest absolute Gasteiger partial charge is 0.164 e. The highest BCUT2D eigenvalue weighted by molar-refractivity contribution is 6.14. The summed E-state index contributed by atoms with van der Waals surface area (Å²) in [5, 5.41) is 6.97. The third kappa shape index (κ3) is 6.28. The van der Waals surface area contributed by atoms with Crippen LogP contribution in [-0.2, 0) is 0 Å². The third-order valence-electron chi connectivity index (χ3n) is 12.9. The summed E-state index contributed by atoms with van der Waals surface area (Å²) in [5.41, 5.74) is 14.0. The summed E-state index contributed by atoms with van der Waals surface area (Å²) < 4.78 is 8.95. The Hall–Kier alpha value is -8.93. The molecule has 10 aromatic carbocycles. The van der Waals surface area contributed by atoms with Crippen molar-refractivity contribution in [1.29, 1.82) is 0 Å². The van der Waals surface area contributed by atoms with Crippen molar-refractivity contribution < 1.29 is 4.42 Å². The van der Waals surface area contributed by atoms with Crippen molar-refractivity contribution in [2.45, 2.75) is 0 Å². The van der Waals surface area contributed by atoms with Crippen molar-refractivity contribution in [3.63, 3.8) is 0 Å². The lowest BCUT2D eigenvalue weighted by Crippen LogP contribution is -2.03. The molecular weight excluding hydrogens is 805 g/mol. The molecule has 3 aromatic heterocycles. The Balaban J connectivity index is 1.09. The van der Waals surface area contributed by atoms with Gasteiger partial charge in [0.1, 0.15) is 11.2 Å². The predicted octanol–water partition coefficient (Wildman–Crippen LogP) is 16.0. The normalized spacial score (nSPS) is 11.6. The highest BCUT2D eigenvalue weighted by Gasteiger charge is 2.22. The van der Waals surface area contributed by atoms with Crippen LogP contribution in [0.15, 0.2) is 235 Å². The van der Waals surface area contributed by atoms with Crippen LogP contribution in [0.4, 0.5) is 0 Å². The van der Waals surface area contributed by atoms with E-state index in [2.05, 4.69) is 211 Å². The Morgan fingerprint density at radius 3 is 1.52 bits per heavy atom. The molecule has 0 amide bonds. The van der Waals surface area contributed by atoms with Crippen molar-refractivity contribution in [2.75, 3.05) is 0 Å². The lowest BCUT2D eigenvalue weighted by Gasteiger charge is -2.17. The van der Waals surface area contributed by atoms with Crippen LogP contribution in [0.1, 0.15) is 0 Å². The van der Waals surface area contributed by atoms with Gasteiger partial charge in [-0.2, -0.15) is 0 Å². The average Bonchev–Trinajstić information content (AvgIpc) is 3.93. The number of benzene rings is 10. The third-order valence-corrected chi connectivity index (χ3v) is 12.9. The standard InChI is InChI=1S/C61H38N4O/c1-3-17-39(18-4-1)45-23-9-11-27-50(45)60-62-59(63-61(64-60)51-28-12-10-24-46(51)40-19-5-2-6-20-40)44-32-34-55(52(36-44)43-31-33-49-48-26-14-16-30-57(48)66-58(49)38-43)65-54-29-15-13-25-47(54)53-35-41-21-7-8-22-42(41)37-56(53)65/h1-38H. The van der Waals surface area contributed by atoms with Gasteiger partial charge in [-0.25, -0.2) is 15.0 Å². The first-order valence-electron chi connectivity index (χ1n) is 22.3. The first-order chi connectivity index (χ1) is 32.7. The lowest BCUT2D eigenvalue weighted by molar-refractivity contribution is 0.669. The van der Waals surface area contributed by atoms with E-state index in [1.54, 1.807) is 0 Å². The SMILES string of the molecule is c1ccc(-c2ccccc2-c2nc(-c3ccc(-n4c5ccccc5c5cc6ccccc6cc54)c(-c4ccc5c(c4)oc4ccccc45)c3)nc(-c3ccccc3-c3ccccc3)n2)cc1. The zero-order chi connectivity index (χ0) is 43.6. The van der Waals surface area contributed by atoms with Gasteiger partial charge in [0.15, 0.2) is 17.5 Å². The van der Waals surface area contributed by atoms with Crippen LogP contribution in [0.25, 0.3) is 128 Å². The number of rotatable bonds is 7. The molecule has 13 rings (SSSR count). The van der Waals surface area contributed by atoms with Crippen molar-refractivity contribution in [1.82, 2.24) is 19.5 Å². The van der Waals surface area contributed by atoms with Crippen molar-refractivity contribution >= 4 is 54.5 Å². The van der Waals surface area contributed by atoms with E-state index in [-0.39, 0.29) is 0 Å². The molecule has 66 heavy (non-hydrogen) atoms. The Labute approximate surface area is 380 Å². The van der Waals surface area contributed by atoms with Crippen LogP contribution in [-0.4, -0.2) is 19.5 Å². The maximum Gasteiger partial charge on any atom is 0.164 e. The molecule has 13 aromatic rings. The van der Waals surface area contributed by atoms with Crippen LogP contribution < -0.4 is 0 Å². The zero-order valence-corrected chi connectivity index (χ0v) is 35.6. The van der Waals surface area contributed by atoms with Crippen LogP contribution in [0.2, 0.25) is 0 Å². The molecule has 0 saturated heterocycles. The second-order valence-electron chi connectivity index (χ2n) is 16.7. The molecule has 0 atom stereocenters. The summed E-state index contributed by atoms with van der Waals surface area (Å²) >= 11 is 0. The van der Waals surface area contributed by atoms with Gasteiger partial charge in [-0.05, 0) is 93.2 Å². The molecule has 0 N–H and O–H groups in total. The van der Waals surface area contributed by atoms with Crippen LogP contribution in [0.3, 0.4) is 0 Å². The maximum absolute atomic E-state index is 6.53. The molecule has 5 heteroatoms. The van der Waals surface area contributed by atoms with Crippen LogP contribution in [0.5, 0.6) is 0 Å². The number of hydrogen-bond donors (Lipinski definition) is 0. The van der Waals surface area contributed by atoms with Crippen molar-refractivity contribution in [3.8, 4) is 73.2 Å². The maximum atomic E-state index is 6.53. The number of aromatic nitrogens is 4. The van der Waals surface area contributed by atoms with Gasteiger partial charge in [0, 0.05) is 43.8 Å². The highest BCUT2D eigenvalue weighted by atomic mass is 16.3. The van der Waals surface area contributed by atoms with Crippen LogP contribution in [0, 0.1) is 0 Å². The van der Waals surface area contributed by atoms with Gasteiger partial charge < -0.3 is 8.98 Å². The summed E-state index contributed by atoms with van der Waals surface area (Å²) in [4.78, 5) is 16.1. The molecule has 0 aliphatic rings. The van der Waals surface area contributed by atoms with Gasteiger partial charge in [-0.1, -0.05) is 176 Å². The fourth-order valence-electron chi connectivity index (χ4n) is 9.75.